The first-order chi connectivity index (χ1) is 17.6. The molecule has 11 nitrogen and oxygen atoms in total. The molecule has 1 amide bonds. The summed E-state index contributed by atoms with van der Waals surface area (Å²) in [5.41, 5.74) is 1.78. The Kier molecular flexibility index (Phi) is 8.05. The van der Waals surface area contributed by atoms with E-state index in [1.165, 1.54) is 20.1 Å². The van der Waals surface area contributed by atoms with Crippen LogP contribution in [0.15, 0.2) is 23.2 Å². The monoisotopic (exact) mass is 553 g/mol. The molecule has 5 N–H and O–H groups in total. The molecular weight excluding hydrogens is 525 g/mol. The molecule has 1 aliphatic carbocycles. The Labute approximate surface area is 219 Å². The average molecular weight is 554 g/mol. The van der Waals surface area contributed by atoms with E-state index in [2.05, 4.69) is 35.4 Å². The summed E-state index contributed by atoms with van der Waals surface area (Å²) >= 11 is 6.59. The van der Waals surface area contributed by atoms with Crippen LogP contribution in [0.5, 0.6) is 0 Å². The number of imidazole rings is 1. The molecule has 0 radical (unpaired) electrons. The fraction of sp³-hybridized carbons (Fsp3) is 0.435. The van der Waals surface area contributed by atoms with Gasteiger partial charge in [-0.1, -0.05) is 11.6 Å². The maximum atomic E-state index is 14.6. The molecule has 200 valence electrons. The van der Waals surface area contributed by atoms with Crippen LogP contribution in [0, 0.1) is 5.82 Å². The predicted molar refractivity (Wildman–Crippen MR) is 140 cm³/mol. The Morgan fingerprint density at radius 3 is 2.78 bits per heavy atom. The number of aromatic amines is 1. The number of carbonyl (C=O) groups is 1. The van der Waals surface area contributed by atoms with Crippen molar-refractivity contribution < 1.29 is 22.3 Å². The molecule has 1 aromatic carbocycles. The van der Waals surface area contributed by atoms with E-state index in [1.807, 2.05) is 6.92 Å². The maximum Gasteiger partial charge on any atom is 0.407 e. The van der Waals surface area contributed by atoms with E-state index < -0.39 is 28.2 Å². The molecule has 0 bridgehead atoms. The number of benzene rings is 1. The molecule has 1 fully saturated rings. The van der Waals surface area contributed by atoms with Gasteiger partial charge in [-0.2, -0.15) is 0 Å². The second-order valence-corrected chi connectivity index (χ2v) is 11.2. The zero-order valence-corrected chi connectivity index (χ0v) is 22.1. The molecule has 2 aliphatic rings. The molecule has 2 heterocycles. The van der Waals surface area contributed by atoms with Crippen molar-refractivity contribution in [3.05, 3.63) is 40.6 Å². The molecule has 14 heteroatoms. The van der Waals surface area contributed by atoms with E-state index in [0.717, 1.165) is 24.7 Å². The summed E-state index contributed by atoms with van der Waals surface area (Å²) in [6, 6.07) is 2.05. The number of carbonyl (C=O) groups excluding carboxylic acids is 1. The van der Waals surface area contributed by atoms with Crippen LogP contribution in [0.1, 0.15) is 44.1 Å². The SMILES string of the molecule is CCS(=O)(=O)Nc1cc(F)cc(-c2nc(C3CC3)[nH]c2C2=CC=NC(NC[C@H](C)NC(=O)OC)N2)c1Cl. The number of anilines is 1. The van der Waals surface area contributed by atoms with Gasteiger partial charge in [0.25, 0.3) is 0 Å². The number of nitrogens with one attached hydrogen (secondary N) is 5. The highest BCUT2D eigenvalue weighted by atomic mass is 35.5. The van der Waals surface area contributed by atoms with E-state index in [-0.39, 0.29) is 34.0 Å². The number of aliphatic imine (C=N–C) groups is 1. The summed E-state index contributed by atoms with van der Waals surface area (Å²) in [4.78, 5) is 23.8. The van der Waals surface area contributed by atoms with Crippen LogP contribution in [0.4, 0.5) is 14.9 Å². The van der Waals surface area contributed by atoms with E-state index in [9.17, 15) is 17.6 Å². The Morgan fingerprint density at radius 2 is 2.11 bits per heavy atom. The minimum Gasteiger partial charge on any atom is -0.453 e. The lowest BCUT2D eigenvalue weighted by Gasteiger charge is -2.24. The maximum absolute atomic E-state index is 14.6. The van der Waals surface area contributed by atoms with Gasteiger partial charge in [0.15, 0.2) is 6.29 Å². The van der Waals surface area contributed by atoms with E-state index in [4.69, 9.17) is 16.6 Å². The Hall–Kier alpha value is -3.16. The molecular formula is C23H29ClFN7O4S. The number of halogens is 2. The first-order valence-corrected chi connectivity index (χ1v) is 13.8. The fourth-order valence-corrected chi connectivity index (χ4v) is 4.64. The van der Waals surface area contributed by atoms with Crippen LogP contribution in [0.25, 0.3) is 17.0 Å². The number of sulfonamides is 1. The van der Waals surface area contributed by atoms with Crippen LogP contribution < -0.4 is 20.7 Å². The summed E-state index contributed by atoms with van der Waals surface area (Å²) < 4.78 is 45.9. The van der Waals surface area contributed by atoms with Gasteiger partial charge >= 0.3 is 6.09 Å². The number of aromatic nitrogens is 2. The Bertz CT molecular complexity index is 1340. The largest absolute Gasteiger partial charge is 0.453 e. The van der Waals surface area contributed by atoms with Gasteiger partial charge in [0, 0.05) is 30.3 Å². The third-order valence-electron chi connectivity index (χ3n) is 5.83. The number of amides is 1. The molecule has 1 aromatic heterocycles. The van der Waals surface area contributed by atoms with Crippen molar-refractivity contribution in [2.75, 3.05) is 24.1 Å². The molecule has 37 heavy (non-hydrogen) atoms. The van der Waals surface area contributed by atoms with Crippen molar-refractivity contribution in [1.29, 1.82) is 0 Å². The summed E-state index contributed by atoms with van der Waals surface area (Å²) in [7, 11) is -2.39. The van der Waals surface area contributed by atoms with Gasteiger partial charge in [0.2, 0.25) is 10.0 Å². The highest BCUT2D eigenvalue weighted by Crippen LogP contribution is 2.43. The highest BCUT2D eigenvalue weighted by Gasteiger charge is 2.31. The third kappa shape index (κ3) is 6.59. The number of hydrogen-bond acceptors (Lipinski definition) is 8. The number of rotatable bonds is 10. The number of alkyl carbamates (subject to hydrolysis) is 1. The minimum atomic E-state index is -3.68. The zero-order chi connectivity index (χ0) is 26.7. The van der Waals surface area contributed by atoms with Crippen molar-refractivity contribution in [2.45, 2.75) is 44.9 Å². The number of allylic oxidation sites excluding steroid dienone is 1. The number of hydrogen-bond donors (Lipinski definition) is 5. The van der Waals surface area contributed by atoms with Gasteiger partial charge in [-0.3, -0.25) is 15.0 Å². The van der Waals surface area contributed by atoms with Crippen molar-refractivity contribution in [3.8, 4) is 11.3 Å². The van der Waals surface area contributed by atoms with Crippen molar-refractivity contribution >= 4 is 45.3 Å². The normalized spacial score (nSPS) is 18.1. The zero-order valence-electron chi connectivity index (χ0n) is 20.6. The van der Waals surface area contributed by atoms with Gasteiger partial charge in [0.1, 0.15) is 11.6 Å². The van der Waals surface area contributed by atoms with Crippen LogP contribution >= 0.6 is 11.6 Å². The lowest BCUT2D eigenvalue weighted by atomic mass is 10.1. The smallest absolute Gasteiger partial charge is 0.407 e. The third-order valence-corrected chi connectivity index (χ3v) is 7.53. The minimum absolute atomic E-state index is 0.0379. The molecule has 2 atom stereocenters. The van der Waals surface area contributed by atoms with Gasteiger partial charge in [-0.05, 0) is 44.9 Å². The van der Waals surface area contributed by atoms with Gasteiger partial charge in [-0.15, -0.1) is 0 Å². The van der Waals surface area contributed by atoms with Crippen molar-refractivity contribution in [1.82, 2.24) is 25.9 Å². The van der Waals surface area contributed by atoms with Crippen molar-refractivity contribution in [2.24, 2.45) is 4.99 Å². The quantitative estimate of drug-likeness (QED) is 0.303. The molecule has 1 saturated carbocycles. The second-order valence-electron chi connectivity index (χ2n) is 8.81. The number of nitrogens with zero attached hydrogens (tertiary/aromatic N) is 2. The number of ether oxygens (including phenoxy) is 1. The Morgan fingerprint density at radius 1 is 1.35 bits per heavy atom. The van der Waals surface area contributed by atoms with Crippen molar-refractivity contribution in [3.63, 3.8) is 0 Å². The second kappa shape index (κ2) is 11.1. The van der Waals surface area contributed by atoms with Gasteiger partial charge < -0.3 is 20.4 Å². The first-order valence-electron chi connectivity index (χ1n) is 11.8. The average Bonchev–Trinajstić information content (AvgIpc) is 3.63. The van der Waals surface area contributed by atoms with E-state index >= 15 is 0 Å². The Balaban J connectivity index is 1.62. The van der Waals surface area contributed by atoms with Crippen LogP contribution in [0.3, 0.4) is 0 Å². The van der Waals surface area contributed by atoms with Crippen LogP contribution in [-0.2, 0) is 14.8 Å². The van der Waals surface area contributed by atoms with E-state index in [0.29, 0.717) is 23.6 Å². The van der Waals surface area contributed by atoms with Gasteiger partial charge in [-0.25, -0.2) is 22.6 Å². The summed E-state index contributed by atoms with van der Waals surface area (Å²) in [5, 5.41) is 9.16. The first kappa shape index (κ1) is 26.9. The predicted octanol–water partition coefficient (Wildman–Crippen LogP) is 3.14. The molecule has 1 unspecified atom stereocenters. The lowest BCUT2D eigenvalue weighted by Crippen LogP contribution is -2.48. The topological polar surface area (TPSA) is 150 Å². The summed E-state index contributed by atoms with van der Waals surface area (Å²) in [5.74, 6) is 0.155. The lowest BCUT2D eigenvalue weighted by molar-refractivity contribution is 0.167. The van der Waals surface area contributed by atoms with Crippen LogP contribution in [-0.4, -0.2) is 62.4 Å². The van der Waals surface area contributed by atoms with Crippen LogP contribution in [0.2, 0.25) is 5.02 Å². The fourth-order valence-electron chi connectivity index (χ4n) is 3.70. The molecule has 4 rings (SSSR count). The summed E-state index contributed by atoms with van der Waals surface area (Å²) in [6.07, 6.45) is 4.28. The molecule has 1 aliphatic heterocycles. The van der Waals surface area contributed by atoms with E-state index in [1.54, 1.807) is 12.3 Å². The summed E-state index contributed by atoms with van der Waals surface area (Å²) in [6.45, 7) is 3.69. The standard InChI is InChI=1S/C23H29ClFN7O4S/c1-4-37(34,35)32-17-10-14(25)9-15(18(17)24)19-20(31-21(30-19)13-5-6-13)16-7-8-26-22(29-16)27-11-12(2)28-23(33)36-3/h7-10,12-13,22,27,29,32H,4-6,11H2,1-3H3,(H,28,33)(H,30,31)/t12-,22?/m0/s1. The number of H-pyrrole nitrogens is 1. The molecule has 0 saturated heterocycles. The molecule has 0 spiro atoms. The molecule has 2 aromatic rings. The highest BCUT2D eigenvalue weighted by molar-refractivity contribution is 7.92. The van der Waals surface area contributed by atoms with Gasteiger partial charge in [0.05, 0.1) is 40.7 Å². The number of methoxy groups -OCH3 is 1.